The summed E-state index contributed by atoms with van der Waals surface area (Å²) in [5.74, 6) is -0.177. The number of piperidine rings is 1. The molecule has 0 saturated carbocycles. The van der Waals surface area contributed by atoms with Crippen LogP contribution >= 0.6 is 0 Å². The van der Waals surface area contributed by atoms with E-state index in [4.69, 9.17) is 5.11 Å². The minimum absolute atomic E-state index is 0.0405. The number of carboxylic acid groups (broad SMARTS) is 1. The summed E-state index contributed by atoms with van der Waals surface area (Å²) >= 11 is 0. The Morgan fingerprint density at radius 2 is 2.44 bits per heavy atom. The van der Waals surface area contributed by atoms with Gasteiger partial charge in [-0.1, -0.05) is 0 Å². The topological polar surface area (TPSA) is 79.5 Å². The van der Waals surface area contributed by atoms with Crippen LogP contribution in [0.4, 0.5) is 0 Å². The molecule has 0 spiro atoms. The Bertz CT molecular complexity index is 587. The van der Waals surface area contributed by atoms with E-state index in [-0.39, 0.29) is 5.69 Å². The lowest BCUT2D eigenvalue weighted by Gasteiger charge is -2.23. The highest BCUT2D eigenvalue weighted by atomic mass is 16.4. The van der Waals surface area contributed by atoms with Gasteiger partial charge in [-0.2, -0.15) is 0 Å². The number of aromatic nitrogens is 3. The summed E-state index contributed by atoms with van der Waals surface area (Å²) in [5, 5.41) is 12.3. The molecular formula is C12H14N4O2. The van der Waals surface area contributed by atoms with Gasteiger partial charge in [0.1, 0.15) is 0 Å². The highest BCUT2D eigenvalue weighted by Gasteiger charge is 2.19. The van der Waals surface area contributed by atoms with Crippen molar-refractivity contribution in [2.45, 2.75) is 18.8 Å². The zero-order chi connectivity index (χ0) is 12.5. The normalized spacial score (nSPS) is 20.1. The number of rotatable bonds is 2. The van der Waals surface area contributed by atoms with E-state index < -0.39 is 5.97 Å². The van der Waals surface area contributed by atoms with Gasteiger partial charge in [-0.15, -0.1) is 0 Å². The molecule has 6 heteroatoms. The summed E-state index contributed by atoms with van der Waals surface area (Å²) in [6, 6.07) is 1.94. The molecule has 3 rings (SSSR count). The molecule has 94 valence electrons. The third-order valence-corrected chi connectivity index (χ3v) is 3.34. The van der Waals surface area contributed by atoms with Gasteiger partial charge in [0.25, 0.3) is 0 Å². The smallest absolute Gasteiger partial charge is 0.356 e. The Kier molecular flexibility index (Phi) is 2.71. The van der Waals surface area contributed by atoms with Crippen molar-refractivity contribution in [3.05, 3.63) is 29.8 Å². The van der Waals surface area contributed by atoms with Gasteiger partial charge < -0.3 is 10.4 Å². The number of hydrogen-bond acceptors (Lipinski definition) is 4. The van der Waals surface area contributed by atoms with E-state index in [1.807, 2.05) is 6.07 Å². The number of nitrogens with zero attached hydrogens (tertiary/aromatic N) is 3. The van der Waals surface area contributed by atoms with Gasteiger partial charge in [-0.05, 0) is 25.5 Å². The zero-order valence-electron chi connectivity index (χ0n) is 9.83. The van der Waals surface area contributed by atoms with Crippen LogP contribution in [0, 0.1) is 0 Å². The minimum Gasteiger partial charge on any atom is -0.476 e. The quantitative estimate of drug-likeness (QED) is 0.822. The van der Waals surface area contributed by atoms with E-state index >= 15 is 0 Å². The molecule has 6 nitrogen and oxygen atoms in total. The largest absolute Gasteiger partial charge is 0.476 e. The summed E-state index contributed by atoms with van der Waals surface area (Å²) < 4.78 is 1.79. The van der Waals surface area contributed by atoms with E-state index in [0.717, 1.165) is 31.6 Å². The number of carboxylic acids is 1. The fraction of sp³-hybridized carbons (Fsp3) is 0.417. The van der Waals surface area contributed by atoms with E-state index in [1.165, 1.54) is 0 Å². The third-order valence-electron chi connectivity index (χ3n) is 3.34. The van der Waals surface area contributed by atoms with Crippen LogP contribution in [0.3, 0.4) is 0 Å². The molecule has 1 aliphatic heterocycles. The minimum atomic E-state index is -1.02. The molecule has 18 heavy (non-hydrogen) atoms. The van der Waals surface area contributed by atoms with E-state index in [9.17, 15) is 4.79 Å². The average molecular weight is 246 g/mol. The van der Waals surface area contributed by atoms with Crippen molar-refractivity contribution in [3.63, 3.8) is 0 Å². The Morgan fingerprint density at radius 1 is 1.56 bits per heavy atom. The molecule has 0 bridgehead atoms. The van der Waals surface area contributed by atoms with Crippen LogP contribution < -0.4 is 5.32 Å². The van der Waals surface area contributed by atoms with Gasteiger partial charge in [0.15, 0.2) is 5.69 Å². The number of fused-ring (bicyclic) bond motifs is 1. The van der Waals surface area contributed by atoms with Crippen molar-refractivity contribution in [2.24, 2.45) is 0 Å². The Hall–Kier alpha value is -1.95. The molecule has 2 N–H and O–H groups in total. The van der Waals surface area contributed by atoms with Gasteiger partial charge in [0, 0.05) is 30.6 Å². The lowest BCUT2D eigenvalue weighted by molar-refractivity contribution is 0.0691. The zero-order valence-corrected chi connectivity index (χ0v) is 9.83. The molecule has 1 atom stereocenters. The Labute approximate surface area is 104 Å². The summed E-state index contributed by atoms with van der Waals surface area (Å²) in [5.41, 5.74) is 1.12. The maximum atomic E-state index is 10.9. The van der Waals surface area contributed by atoms with Gasteiger partial charge in [-0.3, -0.25) is 4.40 Å². The first kappa shape index (κ1) is 11.2. The molecule has 0 aliphatic carbocycles. The van der Waals surface area contributed by atoms with Crippen LogP contribution in [0.15, 0.2) is 18.5 Å². The van der Waals surface area contributed by atoms with Crippen molar-refractivity contribution in [3.8, 4) is 0 Å². The molecule has 0 amide bonds. The summed E-state index contributed by atoms with van der Waals surface area (Å²) in [4.78, 5) is 19.0. The van der Waals surface area contributed by atoms with Crippen molar-refractivity contribution in [1.82, 2.24) is 19.7 Å². The number of nitrogens with one attached hydrogen (secondary N) is 1. The summed E-state index contributed by atoms with van der Waals surface area (Å²) in [7, 11) is 0. The number of carbonyl (C=O) groups is 1. The Balaban J connectivity index is 2.07. The van der Waals surface area contributed by atoms with Gasteiger partial charge >= 0.3 is 5.97 Å². The number of hydrogen-bond donors (Lipinski definition) is 2. The second-order valence-electron chi connectivity index (χ2n) is 4.51. The average Bonchev–Trinajstić information content (AvgIpc) is 2.83. The van der Waals surface area contributed by atoms with Crippen molar-refractivity contribution >= 4 is 11.7 Å². The number of imidazole rings is 1. The highest BCUT2D eigenvalue weighted by molar-refractivity contribution is 5.85. The second-order valence-corrected chi connectivity index (χ2v) is 4.51. The first-order chi connectivity index (χ1) is 8.75. The van der Waals surface area contributed by atoms with E-state index in [0.29, 0.717) is 11.7 Å². The molecule has 2 aromatic rings. The van der Waals surface area contributed by atoms with Gasteiger partial charge in [0.2, 0.25) is 5.78 Å². The predicted octanol–water partition coefficient (Wildman–Crippen LogP) is 0.895. The molecule has 3 heterocycles. The fourth-order valence-electron chi connectivity index (χ4n) is 2.45. The Morgan fingerprint density at radius 3 is 3.17 bits per heavy atom. The molecule has 1 unspecified atom stereocenters. The molecule has 1 saturated heterocycles. The highest BCUT2D eigenvalue weighted by Crippen LogP contribution is 2.23. The summed E-state index contributed by atoms with van der Waals surface area (Å²) in [6.45, 7) is 1.97. The van der Waals surface area contributed by atoms with Crippen molar-refractivity contribution in [1.29, 1.82) is 0 Å². The maximum absolute atomic E-state index is 10.9. The monoisotopic (exact) mass is 246 g/mol. The lowest BCUT2D eigenvalue weighted by atomic mass is 9.96. The number of aromatic carboxylic acids is 1. The standard InChI is InChI=1S/C12H14N4O2/c17-11(18)9-7-16-10(3-5-14-12(16)15-9)8-2-1-4-13-6-8/h3,5,7-8,13H,1-2,4,6H2,(H,17,18). The fourth-order valence-corrected chi connectivity index (χ4v) is 2.45. The van der Waals surface area contributed by atoms with Crippen LogP contribution in [0.2, 0.25) is 0 Å². The molecule has 1 aliphatic rings. The van der Waals surface area contributed by atoms with Gasteiger partial charge in [0.05, 0.1) is 0 Å². The SMILES string of the molecule is O=C(O)c1cn2c(C3CCCNC3)ccnc2n1. The molecule has 0 radical (unpaired) electrons. The first-order valence-electron chi connectivity index (χ1n) is 6.04. The third kappa shape index (κ3) is 1.84. The van der Waals surface area contributed by atoms with Crippen molar-refractivity contribution in [2.75, 3.05) is 13.1 Å². The molecular weight excluding hydrogens is 232 g/mol. The maximum Gasteiger partial charge on any atom is 0.356 e. The molecule has 2 aromatic heterocycles. The van der Waals surface area contributed by atoms with Crippen LogP contribution in [0.5, 0.6) is 0 Å². The first-order valence-corrected chi connectivity index (χ1v) is 6.04. The molecule has 0 aromatic carbocycles. The van der Waals surface area contributed by atoms with Crippen LogP contribution in [0.25, 0.3) is 5.78 Å². The van der Waals surface area contributed by atoms with Gasteiger partial charge in [-0.25, -0.2) is 14.8 Å². The van der Waals surface area contributed by atoms with Crippen molar-refractivity contribution < 1.29 is 9.90 Å². The lowest BCUT2D eigenvalue weighted by Crippen LogP contribution is -2.29. The van der Waals surface area contributed by atoms with Crippen LogP contribution in [-0.4, -0.2) is 38.5 Å². The molecule has 1 fully saturated rings. The summed E-state index contributed by atoms with van der Waals surface area (Å²) in [6.07, 6.45) is 5.48. The second kappa shape index (κ2) is 4.38. The van der Waals surface area contributed by atoms with Crippen LogP contribution in [0.1, 0.15) is 34.9 Å². The van der Waals surface area contributed by atoms with E-state index in [2.05, 4.69) is 15.3 Å². The van der Waals surface area contributed by atoms with Crippen LogP contribution in [-0.2, 0) is 0 Å². The van der Waals surface area contributed by atoms with E-state index in [1.54, 1.807) is 16.8 Å². The predicted molar refractivity (Wildman–Crippen MR) is 64.8 cm³/mol.